The fourth-order valence-electron chi connectivity index (χ4n) is 1.94. The summed E-state index contributed by atoms with van der Waals surface area (Å²) in [6.45, 7) is 1.87. The molecular weight excluding hydrogens is 268 g/mol. The van der Waals surface area contributed by atoms with E-state index in [1.807, 2.05) is 43.3 Å². The Bertz CT molecular complexity index is 529. The topological polar surface area (TPSA) is 74.6 Å². The minimum atomic E-state index is -0.977. The van der Waals surface area contributed by atoms with E-state index in [4.69, 9.17) is 5.11 Å². The lowest BCUT2D eigenvalue weighted by Crippen LogP contribution is -2.15. The van der Waals surface area contributed by atoms with E-state index in [0.29, 0.717) is 19.3 Å². The van der Waals surface area contributed by atoms with Crippen LogP contribution in [0.2, 0.25) is 0 Å². The van der Waals surface area contributed by atoms with E-state index in [9.17, 15) is 14.7 Å². The summed E-state index contributed by atoms with van der Waals surface area (Å²) >= 11 is 0. The van der Waals surface area contributed by atoms with Crippen LogP contribution in [0.1, 0.15) is 25.3 Å². The van der Waals surface area contributed by atoms with Gasteiger partial charge in [-0.15, -0.1) is 0 Å². The van der Waals surface area contributed by atoms with Gasteiger partial charge in [-0.2, -0.15) is 0 Å². The molecule has 0 amide bonds. The minimum absolute atomic E-state index is 0.441. The first kappa shape index (κ1) is 16.7. The molecule has 0 saturated carbocycles. The Kier molecular flexibility index (Phi) is 6.95. The van der Waals surface area contributed by atoms with Crippen molar-refractivity contribution >= 4 is 11.9 Å². The second-order valence-corrected chi connectivity index (χ2v) is 4.96. The van der Waals surface area contributed by atoms with Crippen LogP contribution in [0.15, 0.2) is 54.1 Å². The predicted octanol–water partition coefficient (Wildman–Crippen LogP) is 3.30. The molecule has 0 aliphatic heterocycles. The molecule has 0 heterocycles. The first-order chi connectivity index (χ1) is 9.99. The van der Waals surface area contributed by atoms with Crippen molar-refractivity contribution in [2.45, 2.75) is 26.2 Å². The van der Waals surface area contributed by atoms with Crippen molar-refractivity contribution in [2.24, 2.45) is 5.92 Å². The van der Waals surface area contributed by atoms with Crippen LogP contribution in [0.25, 0.3) is 0 Å². The van der Waals surface area contributed by atoms with Crippen LogP contribution in [0, 0.1) is 5.92 Å². The van der Waals surface area contributed by atoms with Gasteiger partial charge in [0.05, 0.1) is 5.92 Å². The molecule has 0 aromatic heterocycles. The molecule has 112 valence electrons. The summed E-state index contributed by atoms with van der Waals surface area (Å²) in [5.74, 6) is -2.26. The van der Waals surface area contributed by atoms with Crippen molar-refractivity contribution < 1.29 is 19.8 Å². The van der Waals surface area contributed by atoms with E-state index >= 15 is 0 Å². The number of benzene rings is 1. The largest absolute Gasteiger partial charge is 0.481 e. The smallest absolute Gasteiger partial charge is 0.327 e. The quantitative estimate of drug-likeness (QED) is 0.568. The van der Waals surface area contributed by atoms with E-state index in [1.54, 1.807) is 6.08 Å². The molecule has 1 aromatic carbocycles. The summed E-state index contributed by atoms with van der Waals surface area (Å²) in [4.78, 5) is 21.7. The van der Waals surface area contributed by atoms with Crippen molar-refractivity contribution in [3.8, 4) is 0 Å². The molecule has 0 fully saturated rings. The highest BCUT2D eigenvalue weighted by Crippen LogP contribution is 2.15. The van der Waals surface area contributed by atoms with Crippen LogP contribution in [0.4, 0.5) is 0 Å². The second kappa shape index (κ2) is 8.74. The molecular formula is C17H20O4. The van der Waals surface area contributed by atoms with Gasteiger partial charge < -0.3 is 10.2 Å². The summed E-state index contributed by atoms with van der Waals surface area (Å²) in [6.07, 6.45) is 5.97. The molecule has 2 N–H and O–H groups in total. The van der Waals surface area contributed by atoms with Crippen LogP contribution in [0.3, 0.4) is 0 Å². The molecule has 0 radical (unpaired) electrons. The van der Waals surface area contributed by atoms with Crippen molar-refractivity contribution in [1.82, 2.24) is 0 Å². The fourth-order valence-corrected chi connectivity index (χ4v) is 1.94. The second-order valence-electron chi connectivity index (χ2n) is 4.96. The maximum atomic E-state index is 11.3. The maximum Gasteiger partial charge on any atom is 0.327 e. The molecule has 4 nitrogen and oxygen atoms in total. The fraction of sp³-hybridized carbons (Fsp3) is 0.294. The van der Waals surface area contributed by atoms with Crippen molar-refractivity contribution in [3.05, 3.63) is 59.7 Å². The highest BCUT2D eigenvalue weighted by atomic mass is 16.4. The number of hydrogen-bond donors (Lipinski definition) is 2. The average Bonchev–Trinajstić information content (AvgIpc) is 2.43. The van der Waals surface area contributed by atoms with Gasteiger partial charge in [0.2, 0.25) is 0 Å². The number of carbonyl (C=O) groups is 2. The van der Waals surface area contributed by atoms with E-state index in [0.717, 1.165) is 17.2 Å². The third-order valence-electron chi connectivity index (χ3n) is 3.13. The summed E-state index contributed by atoms with van der Waals surface area (Å²) in [5, 5.41) is 17.8. The zero-order valence-electron chi connectivity index (χ0n) is 12.0. The van der Waals surface area contributed by atoms with Gasteiger partial charge in [0.25, 0.3) is 0 Å². The summed E-state index contributed by atoms with van der Waals surface area (Å²) in [7, 11) is 0. The van der Waals surface area contributed by atoms with Gasteiger partial charge in [-0.05, 0) is 31.7 Å². The van der Waals surface area contributed by atoms with Crippen LogP contribution in [-0.4, -0.2) is 22.2 Å². The van der Waals surface area contributed by atoms with Crippen LogP contribution >= 0.6 is 0 Å². The Morgan fingerprint density at radius 2 is 1.86 bits per heavy atom. The molecule has 0 aliphatic rings. The number of aliphatic carboxylic acids is 2. The molecule has 1 rings (SSSR count). The zero-order valence-corrected chi connectivity index (χ0v) is 12.0. The monoisotopic (exact) mass is 288 g/mol. The van der Waals surface area contributed by atoms with Crippen LogP contribution in [0.5, 0.6) is 0 Å². The van der Waals surface area contributed by atoms with Crippen LogP contribution < -0.4 is 0 Å². The van der Waals surface area contributed by atoms with E-state index in [-0.39, 0.29) is 0 Å². The number of hydrogen-bond acceptors (Lipinski definition) is 2. The lowest BCUT2D eigenvalue weighted by Gasteiger charge is -2.10. The molecule has 4 heteroatoms. The van der Waals surface area contributed by atoms with Gasteiger partial charge in [0.15, 0.2) is 0 Å². The standard InChI is InChI=1S/C17H20O4/c1-13(6-5-9-16(18)19)10-11-15(17(20)21)12-14-7-3-2-4-8-14/h2-5,7-10,15H,6,11-12H2,1H3,(H,18,19)(H,20,21). The van der Waals surface area contributed by atoms with Gasteiger partial charge >= 0.3 is 11.9 Å². The van der Waals surface area contributed by atoms with Gasteiger partial charge in [0.1, 0.15) is 0 Å². The summed E-state index contributed by atoms with van der Waals surface area (Å²) in [5.41, 5.74) is 1.97. The lowest BCUT2D eigenvalue weighted by molar-refractivity contribution is -0.141. The third-order valence-corrected chi connectivity index (χ3v) is 3.13. The Hall–Kier alpha value is -2.36. The molecule has 1 aromatic rings. The van der Waals surface area contributed by atoms with E-state index in [2.05, 4.69) is 0 Å². The number of carboxylic acid groups (broad SMARTS) is 2. The minimum Gasteiger partial charge on any atom is -0.481 e. The van der Waals surface area contributed by atoms with Crippen molar-refractivity contribution in [1.29, 1.82) is 0 Å². The van der Waals surface area contributed by atoms with Gasteiger partial charge in [-0.1, -0.05) is 48.1 Å². The first-order valence-corrected chi connectivity index (χ1v) is 6.81. The lowest BCUT2D eigenvalue weighted by atomic mass is 9.95. The number of allylic oxidation sites excluding steroid dienone is 3. The van der Waals surface area contributed by atoms with Gasteiger partial charge in [0, 0.05) is 6.08 Å². The predicted molar refractivity (Wildman–Crippen MR) is 81.0 cm³/mol. The van der Waals surface area contributed by atoms with E-state index in [1.165, 1.54) is 0 Å². The molecule has 1 atom stereocenters. The number of carboxylic acids is 2. The zero-order chi connectivity index (χ0) is 15.7. The van der Waals surface area contributed by atoms with Gasteiger partial charge in [-0.3, -0.25) is 4.79 Å². The van der Waals surface area contributed by atoms with E-state index < -0.39 is 17.9 Å². The first-order valence-electron chi connectivity index (χ1n) is 6.81. The molecule has 0 spiro atoms. The molecule has 0 bridgehead atoms. The molecule has 0 aliphatic carbocycles. The molecule has 1 unspecified atom stereocenters. The Morgan fingerprint density at radius 1 is 1.19 bits per heavy atom. The highest BCUT2D eigenvalue weighted by molar-refractivity contribution is 5.79. The normalized spacial score (nSPS) is 13.3. The third kappa shape index (κ3) is 7.11. The summed E-state index contributed by atoms with van der Waals surface area (Å²) < 4.78 is 0. The molecule has 21 heavy (non-hydrogen) atoms. The summed E-state index contributed by atoms with van der Waals surface area (Å²) in [6, 6.07) is 9.53. The highest BCUT2D eigenvalue weighted by Gasteiger charge is 2.16. The van der Waals surface area contributed by atoms with Gasteiger partial charge in [-0.25, -0.2) is 4.79 Å². The van der Waals surface area contributed by atoms with Crippen molar-refractivity contribution in [3.63, 3.8) is 0 Å². The Morgan fingerprint density at radius 3 is 2.43 bits per heavy atom. The Balaban J connectivity index is 2.58. The van der Waals surface area contributed by atoms with Crippen molar-refractivity contribution in [2.75, 3.05) is 0 Å². The van der Waals surface area contributed by atoms with Crippen LogP contribution in [-0.2, 0) is 16.0 Å². The Labute approximate surface area is 124 Å². The maximum absolute atomic E-state index is 11.3. The molecule has 0 saturated heterocycles. The SMILES string of the molecule is CC(=CCC(Cc1ccccc1)C(=O)O)CC=CC(=O)O. The number of rotatable bonds is 8. The average molecular weight is 288 g/mol.